The summed E-state index contributed by atoms with van der Waals surface area (Å²) in [7, 11) is 1.61. The van der Waals surface area contributed by atoms with E-state index in [1.54, 1.807) is 25.5 Å². The van der Waals surface area contributed by atoms with Crippen molar-refractivity contribution in [3.8, 4) is 5.75 Å². The highest BCUT2D eigenvalue weighted by Crippen LogP contribution is 2.28. The summed E-state index contributed by atoms with van der Waals surface area (Å²) in [6, 6.07) is 12.9. The van der Waals surface area contributed by atoms with Crippen molar-refractivity contribution in [3.05, 3.63) is 71.6 Å². The van der Waals surface area contributed by atoms with Gasteiger partial charge in [-0.1, -0.05) is 6.07 Å². The highest BCUT2D eigenvalue weighted by molar-refractivity contribution is 6.04. The Morgan fingerprint density at radius 3 is 2.62 bits per heavy atom. The van der Waals surface area contributed by atoms with Crippen molar-refractivity contribution in [2.24, 2.45) is 0 Å². The molecule has 4 nitrogen and oxygen atoms in total. The van der Waals surface area contributed by atoms with Crippen molar-refractivity contribution >= 4 is 17.8 Å². The van der Waals surface area contributed by atoms with Crippen LogP contribution in [0.15, 0.2) is 60.3 Å². The molecule has 2 aromatic rings. The quantitative estimate of drug-likeness (QED) is 0.640. The van der Waals surface area contributed by atoms with Gasteiger partial charge in [0.2, 0.25) is 0 Å². The number of carbonyl (C=O) groups excluding carboxylic acids is 1. The molecule has 0 N–H and O–H groups in total. The number of nitrogens with zero attached hydrogens (tertiary/aromatic N) is 1. The summed E-state index contributed by atoms with van der Waals surface area (Å²) >= 11 is 0. The van der Waals surface area contributed by atoms with Crippen LogP contribution >= 0.6 is 0 Å². The first kappa shape index (κ1) is 13.1. The lowest BCUT2D eigenvalue weighted by atomic mass is 10.1. The number of cyclic esters (lactones) is 1. The lowest BCUT2D eigenvalue weighted by Crippen LogP contribution is -1.97. The Kier molecular flexibility index (Phi) is 3.51. The monoisotopic (exact) mass is 279 g/mol. The number of aromatic nitrogens is 1. The van der Waals surface area contributed by atoms with Gasteiger partial charge in [0.25, 0.3) is 0 Å². The fourth-order valence-electron chi connectivity index (χ4n) is 2.01. The van der Waals surface area contributed by atoms with Gasteiger partial charge in [0.1, 0.15) is 11.5 Å². The molecule has 0 spiro atoms. The van der Waals surface area contributed by atoms with Crippen LogP contribution in [0.3, 0.4) is 0 Å². The predicted molar refractivity (Wildman–Crippen MR) is 79.3 cm³/mol. The minimum Gasteiger partial charge on any atom is -0.497 e. The number of pyridine rings is 1. The zero-order chi connectivity index (χ0) is 14.7. The summed E-state index contributed by atoms with van der Waals surface area (Å²) in [5.74, 6) is 0.921. The third kappa shape index (κ3) is 2.84. The molecule has 0 unspecified atom stereocenters. The van der Waals surface area contributed by atoms with Gasteiger partial charge in [-0.15, -0.1) is 0 Å². The van der Waals surface area contributed by atoms with Crippen molar-refractivity contribution in [3.63, 3.8) is 0 Å². The first-order valence-electron chi connectivity index (χ1n) is 6.47. The standard InChI is InChI=1S/C17H13NO3/c1-20-15-7-5-12(6-8-15)16-11-13(17(19)21-16)10-14-4-2-3-9-18-14/h2-11H,1H3/b13-10+. The third-order valence-corrected chi connectivity index (χ3v) is 3.09. The van der Waals surface area contributed by atoms with Gasteiger partial charge in [0, 0.05) is 11.8 Å². The van der Waals surface area contributed by atoms with Crippen molar-refractivity contribution < 1.29 is 14.3 Å². The molecule has 0 bridgehead atoms. The Labute approximate surface area is 122 Å². The predicted octanol–water partition coefficient (Wildman–Crippen LogP) is 3.07. The minimum absolute atomic E-state index is 0.369. The maximum atomic E-state index is 11.9. The average molecular weight is 279 g/mol. The molecule has 0 atom stereocenters. The zero-order valence-electron chi connectivity index (χ0n) is 11.4. The Balaban J connectivity index is 1.89. The van der Waals surface area contributed by atoms with E-state index in [0.717, 1.165) is 17.0 Å². The van der Waals surface area contributed by atoms with Gasteiger partial charge in [-0.25, -0.2) is 4.79 Å². The molecule has 3 rings (SSSR count). The average Bonchev–Trinajstić information content (AvgIpc) is 2.89. The first-order chi connectivity index (χ1) is 10.3. The number of esters is 1. The van der Waals surface area contributed by atoms with Crippen LogP contribution < -0.4 is 4.74 Å². The van der Waals surface area contributed by atoms with Gasteiger partial charge in [-0.2, -0.15) is 0 Å². The van der Waals surface area contributed by atoms with E-state index in [2.05, 4.69) is 4.98 Å². The summed E-state index contributed by atoms with van der Waals surface area (Å²) in [6.07, 6.45) is 5.11. The molecule has 1 aliphatic heterocycles. The molecule has 1 aliphatic rings. The molecule has 104 valence electrons. The second kappa shape index (κ2) is 5.63. The van der Waals surface area contributed by atoms with Crippen LogP contribution in [0.2, 0.25) is 0 Å². The van der Waals surface area contributed by atoms with E-state index < -0.39 is 0 Å². The van der Waals surface area contributed by atoms with Crippen molar-refractivity contribution in [1.29, 1.82) is 0 Å². The van der Waals surface area contributed by atoms with Gasteiger partial charge in [0.05, 0.1) is 18.4 Å². The molecule has 0 amide bonds. The Bertz CT molecular complexity index is 715. The molecule has 0 aliphatic carbocycles. The van der Waals surface area contributed by atoms with Gasteiger partial charge in [-0.05, 0) is 48.6 Å². The molecule has 1 aromatic carbocycles. The summed E-state index contributed by atoms with van der Waals surface area (Å²) in [6.45, 7) is 0. The van der Waals surface area contributed by atoms with Gasteiger partial charge < -0.3 is 9.47 Å². The molecular weight excluding hydrogens is 266 g/mol. The highest BCUT2D eigenvalue weighted by atomic mass is 16.5. The maximum Gasteiger partial charge on any atom is 0.343 e. The molecule has 0 radical (unpaired) electrons. The topological polar surface area (TPSA) is 48.4 Å². The lowest BCUT2D eigenvalue weighted by molar-refractivity contribution is -0.130. The Morgan fingerprint density at radius 2 is 1.95 bits per heavy atom. The van der Waals surface area contributed by atoms with Crippen LogP contribution in [-0.2, 0) is 9.53 Å². The Hall–Kier alpha value is -2.88. The fraction of sp³-hybridized carbons (Fsp3) is 0.0588. The molecule has 0 saturated heterocycles. The second-order valence-electron chi connectivity index (χ2n) is 4.48. The van der Waals surface area contributed by atoms with Crippen LogP contribution in [0, 0.1) is 0 Å². The SMILES string of the molecule is COc1ccc(C2=C/C(=C\c3ccccn3)C(=O)O2)cc1. The van der Waals surface area contributed by atoms with Crippen LogP contribution in [0.4, 0.5) is 0 Å². The van der Waals surface area contributed by atoms with Gasteiger partial charge >= 0.3 is 5.97 Å². The van der Waals surface area contributed by atoms with E-state index in [9.17, 15) is 4.79 Å². The van der Waals surface area contributed by atoms with Crippen LogP contribution in [-0.4, -0.2) is 18.1 Å². The van der Waals surface area contributed by atoms with E-state index in [4.69, 9.17) is 9.47 Å². The third-order valence-electron chi connectivity index (χ3n) is 3.09. The minimum atomic E-state index is -0.369. The molecule has 2 heterocycles. The summed E-state index contributed by atoms with van der Waals surface area (Å²) in [5, 5.41) is 0. The van der Waals surface area contributed by atoms with Crippen LogP contribution in [0.25, 0.3) is 11.8 Å². The van der Waals surface area contributed by atoms with Crippen LogP contribution in [0.1, 0.15) is 11.3 Å². The second-order valence-corrected chi connectivity index (χ2v) is 4.48. The van der Waals surface area contributed by atoms with E-state index in [0.29, 0.717) is 11.3 Å². The van der Waals surface area contributed by atoms with Gasteiger partial charge in [-0.3, -0.25) is 4.98 Å². The number of benzene rings is 1. The number of hydrogen-bond acceptors (Lipinski definition) is 4. The van der Waals surface area contributed by atoms with Gasteiger partial charge in [0.15, 0.2) is 0 Å². The number of hydrogen-bond donors (Lipinski definition) is 0. The molecule has 1 aromatic heterocycles. The molecule has 4 heteroatoms. The van der Waals surface area contributed by atoms with Crippen molar-refractivity contribution in [2.45, 2.75) is 0 Å². The van der Waals surface area contributed by atoms with E-state index in [1.165, 1.54) is 0 Å². The van der Waals surface area contributed by atoms with Crippen LogP contribution in [0.5, 0.6) is 5.75 Å². The lowest BCUT2D eigenvalue weighted by Gasteiger charge is -2.03. The van der Waals surface area contributed by atoms with E-state index in [-0.39, 0.29) is 5.97 Å². The number of ether oxygens (including phenoxy) is 2. The van der Waals surface area contributed by atoms with E-state index >= 15 is 0 Å². The normalized spacial score (nSPS) is 15.8. The van der Waals surface area contributed by atoms with E-state index in [1.807, 2.05) is 42.5 Å². The summed E-state index contributed by atoms with van der Waals surface area (Å²) in [5.41, 5.74) is 2.03. The first-order valence-corrected chi connectivity index (χ1v) is 6.47. The van der Waals surface area contributed by atoms with Crippen molar-refractivity contribution in [1.82, 2.24) is 4.98 Å². The summed E-state index contributed by atoms with van der Waals surface area (Å²) in [4.78, 5) is 16.1. The molecule has 0 saturated carbocycles. The Morgan fingerprint density at radius 1 is 1.14 bits per heavy atom. The zero-order valence-corrected chi connectivity index (χ0v) is 11.4. The number of rotatable bonds is 3. The summed E-state index contributed by atoms with van der Waals surface area (Å²) < 4.78 is 10.4. The molecular formula is C17H13NO3. The smallest absolute Gasteiger partial charge is 0.343 e. The highest BCUT2D eigenvalue weighted by Gasteiger charge is 2.22. The van der Waals surface area contributed by atoms with Crippen molar-refractivity contribution in [2.75, 3.05) is 7.11 Å². The largest absolute Gasteiger partial charge is 0.497 e. The maximum absolute atomic E-state index is 11.9. The fourth-order valence-corrected chi connectivity index (χ4v) is 2.01. The molecule has 0 fully saturated rings. The number of carbonyl (C=O) groups is 1. The number of methoxy groups -OCH3 is 1. The molecule has 21 heavy (non-hydrogen) atoms.